The van der Waals surface area contributed by atoms with Crippen LogP contribution in [0.1, 0.15) is 71.8 Å². The number of esters is 1. The Labute approximate surface area is 212 Å². The lowest BCUT2D eigenvalue weighted by atomic mass is 10.1. The van der Waals surface area contributed by atoms with Gasteiger partial charge in [0.05, 0.1) is 13.2 Å². The van der Waals surface area contributed by atoms with Crippen LogP contribution in [0.4, 0.5) is 0 Å². The minimum atomic E-state index is -0.678. The number of carbonyl (C=O) groups excluding carboxylic acids is 1. The van der Waals surface area contributed by atoms with Crippen molar-refractivity contribution in [2.45, 2.75) is 88.8 Å². The lowest BCUT2D eigenvalue weighted by Crippen LogP contribution is -2.40. The second kappa shape index (κ2) is 14.1. The zero-order valence-electron chi connectivity index (χ0n) is 21.7. The maximum absolute atomic E-state index is 12.4. The van der Waals surface area contributed by atoms with Gasteiger partial charge in [-0.2, -0.15) is 0 Å². The minimum absolute atomic E-state index is 0.0406. The second-order valence-corrected chi connectivity index (χ2v) is 10.7. The average Bonchev–Trinajstić information content (AvgIpc) is 2.82. The molecule has 0 saturated carbocycles. The van der Waals surface area contributed by atoms with Gasteiger partial charge >= 0.3 is 17.2 Å². The third-order valence-electron chi connectivity index (χ3n) is 5.57. The van der Waals surface area contributed by atoms with E-state index in [0.29, 0.717) is 26.2 Å². The van der Waals surface area contributed by atoms with Crippen molar-refractivity contribution in [3.8, 4) is 5.88 Å². The van der Waals surface area contributed by atoms with Gasteiger partial charge in [-0.3, -0.25) is 14.2 Å². The van der Waals surface area contributed by atoms with E-state index in [2.05, 4.69) is 18.1 Å². The van der Waals surface area contributed by atoms with Gasteiger partial charge < -0.3 is 9.47 Å². The molecule has 0 aliphatic rings. The summed E-state index contributed by atoms with van der Waals surface area (Å²) in [5.41, 5.74) is 0.172. The summed E-state index contributed by atoms with van der Waals surface area (Å²) in [6, 6.07) is 8.03. The molecule has 1 aromatic carbocycles. The van der Waals surface area contributed by atoms with Crippen molar-refractivity contribution in [2.24, 2.45) is 7.05 Å². The van der Waals surface area contributed by atoms with E-state index in [1.54, 1.807) is 6.92 Å². The van der Waals surface area contributed by atoms with Gasteiger partial charge in [-0.15, -0.1) is 16.9 Å². The van der Waals surface area contributed by atoms with Gasteiger partial charge in [0.25, 0.3) is 5.88 Å². The van der Waals surface area contributed by atoms with E-state index in [0.717, 1.165) is 47.1 Å². The quantitative estimate of drug-likeness (QED) is 0.202. The van der Waals surface area contributed by atoms with Crippen molar-refractivity contribution in [2.75, 3.05) is 13.2 Å². The zero-order valence-corrected chi connectivity index (χ0v) is 22.5. The molecule has 35 heavy (non-hydrogen) atoms. The summed E-state index contributed by atoms with van der Waals surface area (Å²) < 4.78 is 12.6. The van der Waals surface area contributed by atoms with Gasteiger partial charge in [-0.1, -0.05) is 44.7 Å². The highest BCUT2D eigenvalue weighted by Crippen LogP contribution is 2.34. The molecule has 2 aromatic rings. The highest BCUT2D eigenvalue weighted by atomic mass is 32.2. The first-order valence-corrected chi connectivity index (χ1v) is 13.3. The summed E-state index contributed by atoms with van der Waals surface area (Å²) in [6.07, 6.45) is 6.74. The first-order valence-electron chi connectivity index (χ1n) is 12.5. The summed E-state index contributed by atoms with van der Waals surface area (Å²) in [5.74, 6) is -0.277. The number of carbonyl (C=O) groups is 1. The molecule has 0 spiro atoms. The maximum Gasteiger partial charge on any atom is 0.347 e. The van der Waals surface area contributed by atoms with Gasteiger partial charge in [-0.25, -0.2) is 9.48 Å². The van der Waals surface area contributed by atoms with E-state index in [1.807, 2.05) is 32.0 Å². The van der Waals surface area contributed by atoms with Crippen LogP contribution in [0.25, 0.3) is 0 Å². The van der Waals surface area contributed by atoms with Crippen LogP contribution in [-0.4, -0.2) is 38.3 Å². The predicted octanol–water partition coefficient (Wildman–Crippen LogP) is 4.36. The van der Waals surface area contributed by atoms with Crippen LogP contribution in [0.15, 0.2) is 38.8 Å². The predicted molar refractivity (Wildman–Crippen MR) is 139 cm³/mol. The molecular formula is C26H39N3O5S. The van der Waals surface area contributed by atoms with Crippen molar-refractivity contribution in [3.05, 3.63) is 50.7 Å². The van der Waals surface area contributed by atoms with Crippen molar-refractivity contribution in [1.82, 2.24) is 14.3 Å². The Bertz CT molecular complexity index is 1080. The number of hydrogen-bond donors (Lipinski definition) is 0. The summed E-state index contributed by atoms with van der Waals surface area (Å²) in [4.78, 5) is 38.0. The summed E-state index contributed by atoms with van der Waals surface area (Å²) in [5, 5.41) is 4.18. The van der Waals surface area contributed by atoms with Crippen molar-refractivity contribution < 1.29 is 14.3 Å². The normalized spacial score (nSPS) is 11.5. The number of ether oxygens (including phenoxy) is 2. The first-order chi connectivity index (χ1) is 16.7. The smallest absolute Gasteiger partial charge is 0.347 e. The number of aryl methyl sites for hydroxylation is 2. The summed E-state index contributed by atoms with van der Waals surface area (Å²) in [6.45, 7) is 8.81. The highest BCUT2D eigenvalue weighted by Gasteiger charge is 2.30. The molecular weight excluding hydrogens is 466 g/mol. The van der Waals surface area contributed by atoms with Crippen LogP contribution >= 0.6 is 11.8 Å². The molecule has 0 atom stereocenters. The standard InChI is InChI=1S/C26H39N3O5S/c1-6-8-9-10-11-17-29-25(32)28(5)23(30)22(27-29)34-18-13-15-20-14-12-16-21(19-20)35-26(3,4)24(31)33-7-2/h12,14,16,19H,6-11,13,15,17-18H2,1-5H3. The van der Waals surface area contributed by atoms with E-state index in [4.69, 9.17) is 9.47 Å². The number of hydrogen-bond acceptors (Lipinski definition) is 7. The van der Waals surface area contributed by atoms with E-state index < -0.39 is 16.0 Å². The molecule has 9 heteroatoms. The molecule has 0 aliphatic heterocycles. The molecule has 1 aromatic heterocycles. The lowest BCUT2D eigenvalue weighted by Gasteiger charge is -2.21. The Morgan fingerprint density at radius 3 is 2.54 bits per heavy atom. The fourth-order valence-electron chi connectivity index (χ4n) is 3.55. The van der Waals surface area contributed by atoms with Gasteiger partial charge in [0.15, 0.2) is 0 Å². The van der Waals surface area contributed by atoms with E-state index in [1.165, 1.54) is 29.9 Å². The van der Waals surface area contributed by atoms with Crippen LogP contribution in [0, 0.1) is 0 Å². The third kappa shape index (κ3) is 8.87. The van der Waals surface area contributed by atoms with E-state index in [-0.39, 0.29) is 11.8 Å². The molecule has 0 unspecified atom stereocenters. The summed E-state index contributed by atoms with van der Waals surface area (Å²) in [7, 11) is 1.45. The average molecular weight is 506 g/mol. The number of unbranched alkanes of at least 4 members (excludes halogenated alkanes) is 4. The van der Waals surface area contributed by atoms with Crippen LogP contribution < -0.4 is 16.0 Å². The Balaban J connectivity index is 1.93. The Hall–Kier alpha value is -2.55. The Morgan fingerprint density at radius 1 is 1.09 bits per heavy atom. The molecule has 8 nitrogen and oxygen atoms in total. The van der Waals surface area contributed by atoms with Crippen LogP contribution in [0.5, 0.6) is 5.88 Å². The highest BCUT2D eigenvalue weighted by molar-refractivity contribution is 8.01. The molecule has 0 N–H and O–H groups in total. The third-order valence-corrected chi connectivity index (χ3v) is 6.73. The van der Waals surface area contributed by atoms with E-state index in [9.17, 15) is 14.4 Å². The van der Waals surface area contributed by atoms with Gasteiger partial charge in [-0.05, 0) is 57.7 Å². The fourth-order valence-corrected chi connectivity index (χ4v) is 4.64. The maximum atomic E-state index is 12.4. The SMILES string of the molecule is CCCCCCCn1nc(OCCCc2cccc(SC(C)(C)C(=O)OCC)c2)c(=O)n(C)c1=O. The fraction of sp³-hybridized carbons (Fsp3) is 0.615. The Morgan fingerprint density at radius 2 is 1.83 bits per heavy atom. The largest absolute Gasteiger partial charge is 0.473 e. The van der Waals surface area contributed by atoms with Crippen LogP contribution in [0.2, 0.25) is 0 Å². The van der Waals surface area contributed by atoms with Crippen molar-refractivity contribution in [1.29, 1.82) is 0 Å². The summed E-state index contributed by atoms with van der Waals surface area (Å²) >= 11 is 1.47. The van der Waals surface area contributed by atoms with Crippen molar-refractivity contribution in [3.63, 3.8) is 0 Å². The molecule has 0 bridgehead atoms. The molecule has 194 valence electrons. The second-order valence-electron chi connectivity index (χ2n) is 9.02. The number of benzene rings is 1. The molecule has 0 amide bonds. The lowest BCUT2D eigenvalue weighted by molar-refractivity contribution is -0.145. The van der Waals surface area contributed by atoms with Gasteiger partial charge in [0.1, 0.15) is 4.75 Å². The number of thioether (sulfide) groups is 1. The van der Waals surface area contributed by atoms with Gasteiger partial charge in [0.2, 0.25) is 0 Å². The molecule has 2 rings (SSSR count). The van der Waals surface area contributed by atoms with Crippen LogP contribution in [0.3, 0.4) is 0 Å². The minimum Gasteiger partial charge on any atom is -0.473 e. The van der Waals surface area contributed by atoms with Gasteiger partial charge in [0, 0.05) is 18.5 Å². The number of rotatable bonds is 15. The van der Waals surface area contributed by atoms with Crippen molar-refractivity contribution >= 4 is 17.7 Å². The Kier molecular flexibility index (Phi) is 11.6. The molecule has 0 aliphatic carbocycles. The van der Waals surface area contributed by atoms with Crippen LogP contribution in [-0.2, 0) is 29.5 Å². The first kappa shape index (κ1) is 28.7. The number of aromatic nitrogens is 3. The number of nitrogens with zero attached hydrogens (tertiary/aromatic N) is 3. The molecule has 0 radical (unpaired) electrons. The zero-order chi connectivity index (χ0) is 25.8. The molecule has 1 heterocycles. The molecule has 0 fully saturated rings. The monoisotopic (exact) mass is 505 g/mol. The van der Waals surface area contributed by atoms with E-state index >= 15 is 0 Å². The molecule has 0 saturated heterocycles. The topological polar surface area (TPSA) is 92.4 Å².